The van der Waals surface area contributed by atoms with E-state index in [0.717, 1.165) is 15.9 Å². The Kier molecular flexibility index (Phi) is 3.10. The summed E-state index contributed by atoms with van der Waals surface area (Å²) in [5.74, 6) is -0.588. The predicted molar refractivity (Wildman–Crippen MR) is 78.7 cm³/mol. The SMILES string of the molecule is Cn1c(O)c(C=c2cc3c(c(F)c2Br)=NC=C3)sc1=O. The number of aromatic nitrogens is 1. The summed E-state index contributed by atoms with van der Waals surface area (Å²) in [6.45, 7) is 0. The Balaban J connectivity index is 2.31. The number of hydrogen-bond donors (Lipinski definition) is 1. The number of thiazole rings is 1. The summed E-state index contributed by atoms with van der Waals surface area (Å²) in [6.07, 6.45) is 4.80. The largest absolute Gasteiger partial charge is 0.493 e. The highest BCUT2D eigenvalue weighted by molar-refractivity contribution is 9.10. The van der Waals surface area contributed by atoms with E-state index in [2.05, 4.69) is 20.9 Å². The van der Waals surface area contributed by atoms with Crippen molar-refractivity contribution in [2.45, 2.75) is 0 Å². The molecular weight excluding hydrogens is 347 g/mol. The van der Waals surface area contributed by atoms with Crippen LogP contribution in [0.5, 0.6) is 5.88 Å². The maximum Gasteiger partial charge on any atom is 0.310 e. The Hall–Kier alpha value is -1.73. The summed E-state index contributed by atoms with van der Waals surface area (Å²) in [6, 6.07) is 1.75. The average molecular weight is 355 g/mol. The molecule has 0 saturated heterocycles. The van der Waals surface area contributed by atoms with Crippen LogP contribution in [0.3, 0.4) is 0 Å². The third kappa shape index (κ3) is 1.94. The van der Waals surface area contributed by atoms with Crippen LogP contribution >= 0.6 is 27.3 Å². The van der Waals surface area contributed by atoms with Crippen LogP contribution in [0.25, 0.3) is 12.2 Å². The fourth-order valence-electron chi connectivity index (χ4n) is 1.91. The molecule has 0 atom stereocenters. The van der Waals surface area contributed by atoms with Gasteiger partial charge in [0.15, 0.2) is 5.82 Å². The molecule has 102 valence electrons. The van der Waals surface area contributed by atoms with E-state index < -0.39 is 5.82 Å². The monoisotopic (exact) mass is 354 g/mol. The van der Waals surface area contributed by atoms with Crippen molar-refractivity contribution in [3.63, 3.8) is 0 Å². The van der Waals surface area contributed by atoms with Gasteiger partial charge in [-0.15, -0.1) is 0 Å². The van der Waals surface area contributed by atoms with Crippen LogP contribution in [0.2, 0.25) is 0 Å². The van der Waals surface area contributed by atoms with Gasteiger partial charge in [-0.25, -0.2) is 4.39 Å². The molecule has 1 aromatic carbocycles. The van der Waals surface area contributed by atoms with Gasteiger partial charge < -0.3 is 5.11 Å². The molecule has 1 aliphatic rings. The standard InChI is InChI=1S/C13H8BrFN2O2S/c1-17-12(18)8(20-13(17)19)5-7-4-6-2-3-16-11(6)10(15)9(7)14/h2-5,18H,1H3. The highest BCUT2D eigenvalue weighted by atomic mass is 79.9. The molecule has 0 unspecified atom stereocenters. The van der Waals surface area contributed by atoms with Gasteiger partial charge in [-0.05, 0) is 39.4 Å². The lowest BCUT2D eigenvalue weighted by atomic mass is 10.1. The molecule has 0 radical (unpaired) electrons. The van der Waals surface area contributed by atoms with Crippen LogP contribution in [0.15, 0.2) is 26.5 Å². The van der Waals surface area contributed by atoms with Gasteiger partial charge >= 0.3 is 4.87 Å². The summed E-state index contributed by atoms with van der Waals surface area (Å²) in [7, 11) is 1.48. The van der Waals surface area contributed by atoms with Crippen LogP contribution in [-0.2, 0) is 7.05 Å². The molecule has 0 fully saturated rings. The first-order chi connectivity index (χ1) is 9.49. The number of benzene rings is 1. The van der Waals surface area contributed by atoms with Crippen LogP contribution < -0.4 is 15.4 Å². The normalized spacial score (nSPS) is 13.7. The lowest BCUT2D eigenvalue weighted by Gasteiger charge is -1.99. The molecular formula is C13H8BrFN2O2S. The van der Waals surface area contributed by atoms with E-state index >= 15 is 0 Å². The molecule has 0 amide bonds. The summed E-state index contributed by atoms with van der Waals surface area (Å²) < 4.78 is 15.5. The summed E-state index contributed by atoms with van der Waals surface area (Å²) >= 11 is 4.09. The van der Waals surface area contributed by atoms with Crippen LogP contribution in [0.4, 0.5) is 4.39 Å². The molecule has 2 heterocycles. The van der Waals surface area contributed by atoms with Crippen molar-refractivity contribution in [2.24, 2.45) is 12.0 Å². The second-order valence-corrected chi connectivity index (χ2v) is 6.02. The van der Waals surface area contributed by atoms with Crippen molar-refractivity contribution in [1.82, 2.24) is 4.57 Å². The van der Waals surface area contributed by atoms with Crippen molar-refractivity contribution >= 4 is 39.4 Å². The molecule has 2 aromatic rings. The van der Waals surface area contributed by atoms with E-state index in [4.69, 9.17) is 0 Å². The van der Waals surface area contributed by atoms with E-state index in [1.165, 1.54) is 13.2 Å². The van der Waals surface area contributed by atoms with E-state index in [1.807, 2.05) is 0 Å². The number of fused-ring (bicyclic) bond motifs is 1. The zero-order chi connectivity index (χ0) is 14.4. The third-order valence-electron chi connectivity index (χ3n) is 2.99. The summed E-state index contributed by atoms with van der Waals surface area (Å²) in [5, 5.41) is 10.7. The smallest absolute Gasteiger partial charge is 0.310 e. The minimum Gasteiger partial charge on any atom is -0.493 e. The van der Waals surface area contributed by atoms with E-state index in [-0.39, 0.29) is 15.2 Å². The molecule has 3 rings (SSSR count). The molecule has 1 aliphatic heterocycles. The predicted octanol–water partition coefficient (Wildman–Crippen LogP) is 1.49. The Bertz CT molecular complexity index is 927. The molecule has 20 heavy (non-hydrogen) atoms. The first-order valence-electron chi connectivity index (χ1n) is 5.62. The molecule has 0 saturated carbocycles. The van der Waals surface area contributed by atoms with Gasteiger partial charge in [-0.1, -0.05) is 11.3 Å². The van der Waals surface area contributed by atoms with Gasteiger partial charge in [0.25, 0.3) is 0 Å². The molecule has 1 aromatic heterocycles. The quantitative estimate of drug-likeness (QED) is 0.843. The molecule has 7 heteroatoms. The average Bonchev–Trinajstić information content (AvgIpc) is 2.97. The number of aromatic hydroxyl groups is 1. The zero-order valence-electron chi connectivity index (χ0n) is 10.2. The summed E-state index contributed by atoms with van der Waals surface area (Å²) in [5.41, 5.74) is 0.666. The van der Waals surface area contributed by atoms with Gasteiger partial charge in [-0.3, -0.25) is 14.4 Å². The highest BCUT2D eigenvalue weighted by Gasteiger charge is 2.13. The summed E-state index contributed by atoms with van der Waals surface area (Å²) in [4.78, 5) is 15.5. The molecule has 0 spiro atoms. The van der Waals surface area contributed by atoms with Crippen molar-refractivity contribution in [3.05, 3.63) is 53.2 Å². The topological polar surface area (TPSA) is 54.6 Å². The molecule has 0 aliphatic carbocycles. The number of halogens is 2. The Labute approximate surface area is 125 Å². The van der Waals surface area contributed by atoms with Crippen molar-refractivity contribution < 1.29 is 9.50 Å². The van der Waals surface area contributed by atoms with Gasteiger partial charge in [0.05, 0.1) is 9.35 Å². The lowest BCUT2D eigenvalue weighted by molar-refractivity contribution is 0.428. The second-order valence-electron chi connectivity index (χ2n) is 4.24. The highest BCUT2D eigenvalue weighted by Crippen LogP contribution is 2.20. The van der Waals surface area contributed by atoms with Gasteiger partial charge in [-0.2, -0.15) is 0 Å². The van der Waals surface area contributed by atoms with Crippen LogP contribution in [-0.4, -0.2) is 9.67 Å². The number of rotatable bonds is 1. The fraction of sp³-hybridized carbons (Fsp3) is 0.0769. The van der Waals surface area contributed by atoms with E-state index in [0.29, 0.717) is 21.0 Å². The number of nitrogens with zero attached hydrogens (tertiary/aromatic N) is 2. The molecule has 4 nitrogen and oxygen atoms in total. The second kappa shape index (κ2) is 4.68. The zero-order valence-corrected chi connectivity index (χ0v) is 12.6. The van der Waals surface area contributed by atoms with Gasteiger partial charge in [0.1, 0.15) is 5.36 Å². The van der Waals surface area contributed by atoms with Crippen LogP contribution in [0, 0.1) is 5.82 Å². The fourth-order valence-corrected chi connectivity index (χ4v) is 3.15. The van der Waals surface area contributed by atoms with Crippen molar-refractivity contribution in [1.29, 1.82) is 0 Å². The first kappa shape index (κ1) is 13.3. The maximum atomic E-state index is 14.1. The number of hydrogen-bond acceptors (Lipinski definition) is 4. The first-order valence-corrected chi connectivity index (χ1v) is 7.23. The van der Waals surface area contributed by atoms with E-state index in [1.54, 1.807) is 18.2 Å². The Morgan fingerprint density at radius 3 is 2.95 bits per heavy atom. The molecule has 1 N–H and O–H groups in total. The van der Waals surface area contributed by atoms with Crippen molar-refractivity contribution in [3.8, 4) is 5.88 Å². The van der Waals surface area contributed by atoms with Crippen molar-refractivity contribution in [2.75, 3.05) is 0 Å². The molecule has 0 bridgehead atoms. The minimum absolute atomic E-state index is 0.131. The third-order valence-corrected chi connectivity index (χ3v) is 4.77. The lowest BCUT2D eigenvalue weighted by Crippen LogP contribution is -2.18. The van der Waals surface area contributed by atoms with Crippen LogP contribution in [0.1, 0.15) is 10.4 Å². The Morgan fingerprint density at radius 2 is 2.30 bits per heavy atom. The van der Waals surface area contributed by atoms with Gasteiger partial charge in [0.2, 0.25) is 5.88 Å². The van der Waals surface area contributed by atoms with Gasteiger partial charge in [0, 0.05) is 18.8 Å². The Morgan fingerprint density at radius 1 is 1.55 bits per heavy atom. The maximum absolute atomic E-state index is 14.1. The van der Waals surface area contributed by atoms with E-state index in [9.17, 15) is 14.3 Å². The minimum atomic E-state index is -0.457.